The van der Waals surface area contributed by atoms with Gasteiger partial charge in [-0.2, -0.15) is 5.10 Å². The predicted octanol–water partition coefficient (Wildman–Crippen LogP) is 1.90. The fraction of sp³-hybridized carbons (Fsp3) is 0.167. The Morgan fingerprint density at radius 2 is 2.67 bits per heavy atom. The summed E-state index contributed by atoms with van der Waals surface area (Å²) in [6.07, 6.45) is 4.43. The average Bonchev–Trinajstić information content (AvgIpc) is 2.18. The van der Waals surface area contributed by atoms with Gasteiger partial charge in [0.1, 0.15) is 0 Å². The van der Waals surface area contributed by atoms with E-state index in [1.807, 2.05) is 6.08 Å². The number of rotatable bonds is 2. The Morgan fingerprint density at radius 1 is 1.89 bits per heavy atom. The highest BCUT2D eigenvalue weighted by Crippen LogP contribution is 2.12. The lowest BCUT2D eigenvalue weighted by atomic mass is 10.3. The van der Waals surface area contributed by atoms with Gasteiger partial charge in [-0.3, -0.25) is 5.10 Å². The number of nitrogens with zero attached hydrogens (tertiary/aromatic N) is 1. The minimum Gasteiger partial charge on any atom is -0.284 e. The van der Waals surface area contributed by atoms with Crippen LogP contribution in [0.3, 0.4) is 0 Å². The van der Waals surface area contributed by atoms with Crippen LogP contribution in [-0.4, -0.2) is 10.2 Å². The monoisotopic (exact) mass is 186 g/mol. The van der Waals surface area contributed by atoms with Crippen molar-refractivity contribution in [2.45, 2.75) is 6.42 Å². The van der Waals surface area contributed by atoms with Gasteiger partial charge < -0.3 is 0 Å². The molecule has 2 nitrogen and oxygen atoms in total. The maximum atomic E-state index is 3.96. The van der Waals surface area contributed by atoms with Crippen LogP contribution in [-0.2, 0) is 6.42 Å². The lowest BCUT2D eigenvalue weighted by molar-refractivity contribution is 1.01. The lowest BCUT2D eigenvalue weighted by Crippen LogP contribution is -1.80. The van der Waals surface area contributed by atoms with Crippen LogP contribution < -0.4 is 0 Å². The van der Waals surface area contributed by atoms with Crippen molar-refractivity contribution in [2.24, 2.45) is 0 Å². The summed E-state index contributed by atoms with van der Waals surface area (Å²) in [5, 5.41) is 6.70. The molecule has 0 radical (unpaired) electrons. The number of aromatic nitrogens is 2. The standard InChI is InChI=1S/C6H7BrN2/c1-2-3-6-5(7)4-8-9-6/h2,4H,1,3H2,(H,8,9). The Balaban J connectivity index is 2.80. The minimum atomic E-state index is 0.810. The van der Waals surface area contributed by atoms with Crippen LogP contribution in [0, 0.1) is 0 Å². The Hall–Kier alpha value is -0.570. The van der Waals surface area contributed by atoms with Gasteiger partial charge in [0.25, 0.3) is 0 Å². The Morgan fingerprint density at radius 3 is 3.11 bits per heavy atom. The summed E-state index contributed by atoms with van der Waals surface area (Å²) in [5.41, 5.74) is 1.00. The largest absolute Gasteiger partial charge is 0.284 e. The normalized spacial score (nSPS) is 9.44. The second-order valence-corrected chi connectivity index (χ2v) is 2.53. The van der Waals surface area contributed by atoms with Gasteiger partial charge in [-0.05, 0) is 15.9 Å². The van der Waals surface area contributed by atoms with Crippen molar-refractivity contribution in [2.75, 3.05) is 0 Å². The highest BCUT2D eigenvalue weighted by molar-refractivity contribution is 9.10. The van der Waals surface area contributed by atoms with Crippen LogP contribution in [0.15, 0.2) is 23.3 Å². The van der Waals surface area contributed by atoms with E-state index in [1.54, 1.807) is 6.20 Å². The van der Waals surface area contributed by atoms with Crippen molar-refractivity contribution in [1.82, 2.24) is 10.2 Å². The third kappa shape index (κ3) is 1.42. The van der Waals surface area contributed by atoms with Gasteiger partial charge in [-0.25, -0.2) is 0 Å². The van der Waals surface area contributed by atoms with Gasteiger partial charge in [0.2, 0.25) is 0 Å². The van der Waals surface area contributed by atoms with Crippen LogP contribution in [0.25, 0.3) is 0 Å². The van der Waals surface area contributed by atoms with E-state index in [1.165, 1.54) is 0 Å². The van der Waals surface area contributed by atoms with E-state index < -0.39 is 0 Å². The van der Waals surface area contributed by atoms with Crippen LogP contribution in [0.2, 0.25) is 0 Å². The van der Waals surface area contributed by atoms with Crippen LogP contribution in [0.5, 0.6) is 0 Å². The number of H-pyrrole nitrogens is 1. The van der Waals surface area contributed by atoms with Gasteiger partial charge in [-0.15, -0.1) is 6.58 Å². The van der Waals surface area contributed by atoms with Crippen LogP contribution >= 0.6 is 15.9 Å². The van der Waals surface area contributed by atoms with Crippen LogP contribution in [0.1, 0.15) is 5.69 Å². The van der Waals surface area contributed by atoms with E-state index in [9.17, 15) is 0 Å². The van der Waals surface area contributed by atoms with Gasteiger partial charge >= 0.3 is 0 Å². The Kier molecular flexibility index (Phi) is 2.05. The van der Waals surface area contributed by atoms with Gasteiger partial charge in [0.15, 0.2) is 0 Å². The number of allylic oxidation sites excluding steroid dienone is 1. The van der Waals surface area contributed by atoms with Crippen molar-refractivity contribution in [3.63, 3.8) is 0 Å². The summed E-state index contributed by atoms with van der Waals surface area (Å²) in [7, 11) is 0. The molecule has 0 bridgehead atoms. The Labute approximate surface area is 62.1 Å². The molecule has 0 amide bonds. The molecule has 0 saturated carbocycles. The van der Waals surface area contributed by atoms with Gasteiger partial charge in [0, 0.05) is 12.6 Å². The Bertz CT molecular complexity index is 205. The van der Waals surface area contributed by atoms with Crippen molar-refractivity contribution in [3.8, 4) is 0 Å². The lowest BCUT2D eigenvalue weighted by Gasteiger charge is -1.85. The van der Waals surface area contributed by atoms with E-state index in [4.69, 9.17) is 0 Å². The summed E-state index contributed by atoms with van der Waals surface area (Å²) >= 11 is 3.33. The van der Waals surface area contributed by atoms with Gasteiger partial charge in [0.05, 0.1) is 10.2 Å². The molecule has 0 aromatic carbocycles. The number of hydrogen-bond donors (Lipinski definition) is 1. The number of aromatic amines is 1. The summed E-state index contributed by atoms with van der Waals surface area (Å²) in [6, 6.07) is 0. The first kappa shape index (κ1) is 6.55. The van der Waals surface area contributed by atoms with E-state index in [0.29, 0.717) is 0 Å². The van der Waals surface area contributed by atoms with Gasteiger partial charge in [-0.1, -0.05) is 6.08 Å². The summed E-state index contributed by atoms with van der Waals surface area (Å²) < 4.78 is 1.02. The highest BCUT2D eigenvalue weighted by atomic mass is 79.9. The molecule has 1 rings (SSSR count). The highest BCUT2D eigenvalue weighted by Gasteiger charge is 1.97. The van der Waals surface area contributed by atoms with Crippen molar-refractivity contribution >= 4 is 15.9 Å². The first-order valence-corrected chi connectivity index (χ1v) is 3.43. The summed E-state index contributed by atoms with van der Waals surface area (Å²) in [5.74, 6) is 0. The topological polar surface area (TPSA) is 28.7 Å². The molecule has 0 aliphatic heterocycles. The SMILES string of the molecule is C=CCc1n[nH]cc1Br. The molecular formula is C6H7BrN2. The molecule has 3 heteroatoms. The van der Waals surface area contributed by atoms with Crippen molar-refractivity contribution in [1.29, 1.82) is 0 Å². The van der Waals surface area contributed by atoms with E-state index in [0.717, 1.165) is 16.6 Å². The maximum absolute atomic E-state index is 3.96. The number of hydrogen-bond acceptors (Lipinski definition) is 1. The minimum absolute atomic E-state index is 0.810. The van der Waals surface area contributed by atoms with E-state index >= 15 is 0 Å². The fourth-order valence-electron chi connectivity index (χ4n) is 0.583. The predicted molar refractivity (Wildman–Crippen MR) is 40.2 cm³/mol. The maximum Gasteiger partial charge on any atom is 0.0801 e. The molecule has 0 unspecified atom stereocenters. The molecule has 1 N–H and O–H groups in total. The van der Waals surface area contributed by atoms with Crippen molar-refractivity contribution in [3.05, 3.63) is 29.0 Å². The average molecular weight is 187 g/mol. The molecule has 0 spiro atoms. The molecule has 0 atom stereocenters. The third-order valence-electron chi connectivity index (χ3n) is 1.00. The van der Waals surface area contributed by atoms with Crippen molar-refractivity contribution < 1.29 is 0 Å². The number of nitrogens with one attached hydrogen (secondary N) is 1. The quantitative estimate of drug-likeness (QED) is 0.703. The molecule has 1 aromatic heterocycles. The summed E-state index contributed by atoms with van der Waals surface area (Å²) in [6.45, 7) is 3.60. The zero-order valence-corrected chi connectivity index (χ0v) is 6.48. The first-order valence-electron chi connectivity index (χ1n) is 2.63. The molecule has 9 heavy (non-hydrogen) atoms. The molecule has 48 valence electrons. The first-order chi connectivity index (χ1) is 4.34. The fourth-order valence-corrected chi connectivity index (χ4v) is 0.936. The molecular weight excluding hydrogens is 180 g/mol. The molecule has 1 heterocycles. The number of halogens is 1. The second kappa shape index (κ2) is 2.82. The third-order valence-corrected chi connectivity index (χ3v) is 1.69. The molecule has 0 fully saturated rings. The smallest absolute Gasteiger partial charge is 0.0801 e. The zero-order chi connectivity index (χ0) is 6.69. The summed E-state index contributed by atoms with van der Waals surface area (Å²) in [4.78, 5) is 0. The molecule has 0 aliphatic carbocycles. The van der Waals surface area contributed by atoms with E-state index in [2.05, 4.69) is 32.7 Å². The molecule has 0 aliphatic rings. The molecule has 0 saturated heterocycles. The zero-order valence-electron chi connectivity index (χ0n) is 4.89. The van der Waals surface area contributed by atoms with Crippen LogP contribution in [0.4, 0.5) is 0 Å². The van der Waals surface area contributed by atoms with E-state index in [-0.39, 0.29) is 0 Å². The second-order valence-electron chi connectivity index (χ2n) is 1.67. The molecule has 1 aromatic rings.